The third kappa shape index (κ3) is 3.19. The van der Waals surface area contributed by atoms with Crippen LogP contribution in [0, 0.1) is 12.7 Å². The number of aromatic nitrogens is 3. The quantitative estimate of drug-likeness (QED) is 0.527. The number of aryl methyl sites for hydroxylation is 1. The van der Waals surface area contributed by atoms with Crippen LogP contribution in [0.2, 0.25) is 0 Å². The Labute approximate surface area is 147 Å². The number of ether oxygens (including phenoxy) is 1. The predicted octanol–water partition coefficient (Wildman–Crippen LogP) is 3.40. The van der Waals surface area contributed by atoms with E-state index in [0.717, 1.165) is 10.9 Å². The van der Waals surface area contributed by atoms with Crippen LogP contribution in [0.1, 0.15) is 11.3 Å². The van der Waals surface area contributed by atoms with Gasteiger partial charge in [-0.1, -0.05) is 11.3 Å². The maximum atomic E-state index is 13.3. The molecule has 130 valence electrons. The predicted molar refractivity (Wildman–Crippen MR) is 92.9 cm³/mol. The van der Waals surface area contributed by atoms with Crippen molar-refractivity contribution in [1.29, 1.82) is 0 Å². The molecule has 0 radical (unpaired) electrons. The Morgan fingerprint density at radius 3 is 2.92 bits per heavy atom. The summed E-state index contributed by atoms with van der Waals surface area (Å²) < 4.78 is 25.7. The lowest BCUT2D eigenvalue weighted by molar-refractivity contribution is 0.301. The molecule has 0 saturated carbocycles. The second kappa shape index (κ2) is 6.44. The van der Waals surface area contributed by atoms with Crippen molar-refractivity contribution in [3.05, 3.63) is 82.2 Å². The number of rotatable bonds is 4. The van der Waals surface area contributed by atoms with E-state index in [9.17, 15) is 9.18 Å². The van der Waals surface area contributed by atoms with Crippen LogP contribution in [0.15, 0.2) is 63.9 Å². The molecular formula is C19H14FN3O3. The van der Waals surface area contributed by atoms with Gasteiger partial charge in [-0.15, -0.1) is 5.10 Å². The highest BCUT2D eigenvalue weighted by Crippen LogP contribution is 2.22. The van der Waals surface area contributed by atoms with E-state index in [-0.39, 0.29) is 12.4 Å². The molecule has 7 heteroatoms. The zero-order valence-corrected chi connectivity index (χ0v) is 13.8. The van der Waals surface area contributed by atoms with Crippen molar-refractivity contribution in [2.24, 2.45) is 0 Å². The largest absolute Gasteiger partial charge is 0.487 e. The Hall–Kier alpha value is -3.48. The van der Waals surface area contributed by atoms with E-state index in [0.29, 0.717) is 22.7 Å². The zero-order valence-electron chi connectivity index (χ0n) is 13.8. The fourth-order valence-corrected chi connectivity index (χ4v) is 2.66. The third-order valence-corrected chi connectivity index (χ3v) is 3.92. The van der Waals surface area contributed by atoms with Gasteiger partial charge in [0.25, 0.3) is 0 Å². The van der Waals surface area contributed by atoms with Gasteiger partial charge in [0, 0.05) is 17.5 Å². The Kier molecular flexibility index (Phi) is 3.96. The van der Waals surface area contributed by atoms with Crippen molar-refractivity contribution in [1.82, 2.24) is 15.0 Å². The lowest BCUT2D eigenvalue weighted by atomic mass is 10.1. The first-order valence-corrected chi connectivity index (χ1v) is 7.93. The van der Waals surface area contributed by atoms with E-state index in [1.165, 1.54) is 22.9 Å². The molecule has 0 aliphatic rings. The van der Waals surface area contributed by atoms with E-state index in [2.05, 4.69) is 10.3 Å². The van der Waals surface area contributed by atoms with E-state index >= 15 is 0 Å². The molecule has 0 spiro atoms. The summed E-state index contributed by atoms with van der Waals surface area (Å²) in [5, 5.41) is 8.85. The molecule has 0 N–H and O–H groups in total. The molecule has 4 rings (SSSR count). The van der Waals surface area contributed by atoms with Crippen molar-refractivity contribution in [2.75, 3.05) is 0 Å². The smallest absolute Gasteiger partial charge is 0.336 e. The van der Waals surface area contributed by atoms with Crippen molar-refractivity contribution >= 4 is 11.0 Å². The number of benzene rings is 2. The minimum atomic E-state index is -0.398. The van der Waals surface area contributed by atoms with Gasteiger partial charge in [0.15, 0.2) is 0 Å². The monoisotopic (exact) mass is 351 g/mol. The molecule has 0 fully saturated rings. The summed E-state index contributed by atoms with van der Waals surface area (Å²) in [5.74, 6) is 0.204. The number of fused-ring (bicyclic) bond motifs is 1. The summed E-state index contributed by atoms with van der Waals surface area (Å²) in [6, 6.07) is 12.8. The average Bonchev–Trinajstić information content (AvgIpc) is 3.08. The minimum absolute atomic E-state index is 0.177. The Bertz CT molecular complexity index is 1150. The van der Waals surface area contributed by atoms with Crippen molar-refractivity contribution in [3.63, 3.8) is 0 Å². The first-order chi connectivity index (χ1) is 12.6. The molecule has 0 unspecified atom stereocenters. The molecule has 2 heterocycles. The van der Waals surface area contributed by atoms with Crippen LogP contribution in [0.4, 0.5) is 4.39 Å². The topological polar surface area (TPSA) is 70.2 Å². The summed E-state index contributed by atoms with van der Waals surface area (Å²) >= 11 is 0. The second-order valence-electron chi connectivity index (χ2n) is 5.83. The van der Waals surface area contributed by atoms with Gasteiger partial charge in [0.2, 0.25) is 0 Å². The molecule has 0 aliphatic carbocycles. The first-order valence-electron chi connectivity index (χ1n) is 7.93. The van der Waals surface area contributed by atoms with Gasteiger partial charge >= 0.3 is 5.63 Å². The SMILES string of the molecule is Cc1cc(=O)oc2cc(OCc3cn(-c4cccc(F)c4)nn3)ccc12. The van der Waals surface area contributed by atoms with Gasteiger partial charge in [0.05, 0.1) is 11.9 Å². The van der Waals surface area contributed by atoms with E-state index in [4.69, 9.17) is 9.15 Å². The van der Waals surface area contributed by atoms with E-state index < -0.39 is 5.63 Å². The molecule has 6 nitrogen and oxygen atoms in total. The van der Waals surface area contributed by atoms with Crippen LogP contribution < -0.4 is 10.4 Å². The maximum absolute atomic E-state index is 13.3. The van der Waals surface area contributed by atoms with Crippen molar-refractivity contribution in [3.8, 4) is 11.4 Å². The van der Waals surface area contributed by atoms with Gasteiger partial charge in [0.1, 0.15) is 29.5 Å². The Morgan fingerprint density at radius 2 is 2.08 bits per heavy atom. The molecule has 4 aromatic rings. The highest BCUT2D eigenvalue weighted by Gasteiger charge is 2.07. The lowest BCUT2D eigenvalue weighted by Crippen LogP contribution is -1.99. The summed E-state index contributed by atoms with van der Waals surface area (Å²) in [7, 11) is 0. The molecule has 0 aliphatic heterocycles. The van der Waals surface area contributed by atoms with Crippen LogP contribution in [-0.4, -0.2) is 15.0 Å². The highest BCUT2D eigenvalue weighted by molar-refractivity contribution is 5.81. The molecule has 0 bridgehead atoms. The zero-order chi connectivity index (χ0) is 18.1. The summed E-state index contributed by atoms with van der Waals surface area (Å²) in [4.78, 5) is 11.5. The number of hydrogen-bond acceptors (Lipinski definition) is 5. The fraction of sp³-hybridized carbons (Fsp3) is 0.105. The average molecular weight is 351 g/mol. The summed E-state index contributed by atoms with van der Waals surface area (Å²) in [6.07, 6.45) is 1.67. The van der Waals surface area contributed by atoms with Crippen molar-refractivity contribution in [2.45, 2.75) is 13.5 Å². The molecule has 2 aromatic carbocycles. The van der Waals surface area contributed by atoms with Crippen LogP contribution in [0.5, 0.6) is 5.75 Å². The summed E-state index contributed by atoms with van der Waals surface area (Å²) in [6.45, 7) is 2.03. The second-order valence-corrected chi connectivity index (χ2v) is 5.83. The molecule has 0 atom stereocenters. The number of nitrogens with zero attached hydrogens (tertiary/aromatic N) is 3. The summed E-state index contributed by atoms with van der Waals surface area (Å²) in [5.41, 5.74) is 2.08. The minimum Gasteiger partial charge on any atom is -0.487 e. The molecule has 26 heavy (non-hydrogen) atoms. The van der Waals surface area contributed by atoms with Gasteiger partial charge < -0.3 is 9.15 Å². The van der Waals surface area contributed by atoms with E-state index in [1.807, 2.05) is 13.0 Å². The standard InChI is InChI=1S/C19H14FN3O3/c1-12-7-19(24)26-18-9-16(5-6-17(12)18)25-11-14-10-23(22-21-14)15-4-2-3-13(20)8-15/h2-10H,11H2,1H3. The Morgan fingerprint density at radius 1 is 1.19 bits per heavy atom. The first kappa shape index (κ1) is 16.0. The van der Waals surface area contributed by atoms with Gasteiger partial charge in [-0.25, -0.2) is 13.9 Å². The molecule has 0 saturated heterocycles. The van der Waals surface area contributed by atoms with E-state index in [1.54, 1.807) is 30.5 Å². The van der Waals surface area contributed by atoms with Crippen LogP contribution >= 0.6 is 0 Å². The van der Waals surface area contributed by atoms with Gasteiger partial charge in [-0.3, -0.25) is 0 Å². The Balaban J connectivity index is 1.53. The van der Waals surface area contributed by atoms with Gasteiger partial charge in [-0.2, -0.15) is 0 Å². The molecule has 2 aromatic heterocycles. The highest BCUT2D eigenvalue weighted by atomic mass is 19.1. The van der Waals surface area contributed by atoms with Crippen LogP contribution in [-0.2, 0) is 6.61 Å². The van der Waals surface area contributed by atoms with Crippen molar-refractivity contribution < 1.29 is 13.5 Å². The number of hydrogen-bond donors (Lipinski definition) is 0. The molecular weight excluding hydrogens is 337 g/mol. The van der Waals surface area contributed by atoms with Crippen LogP contribution in [0.25, 0.3) is 16.7 Å². The lowest BCUT2D eigenvalue weighted by Gasteiger charge is -2.06. The number of halogens is 1. The molecule has 0 amide bonds. The van der Waals surface area contributed by atoms with Gasteiger partial charge in [-0.05, 0) is 42.8 Å². The fourth-order valence-electron chi connectivity index (χ4n) is 2.66. The normalized spacial score (nSPS) is 11.0. The maximum Gasteiger partial charge on any atom is 0.336 e. The third-order valence-electron chi connectivity index (χ3n) is 3.92. The van der Waals surface area contributed by atoms with Crippen LogP contribution in [0.3, 0.4) is 0 Å².